The molecule has 23 heavy (non-hydrogen) atoms. The summed E-state index contributed by atoms with van der Waals surface area (Å²) in [5, 5.41) is 2.92. The second-order valence-electron chi connectivity index (χ2n) is 4.43. The number of carbonyl (C=O) groups is 2. The Morgan fingerprint density at radius 3 is 2.74 bits per heavy atom. The minimum atomic E-state index is -0.581. The molecule has 0 saturated heterocycles. The highest BCUT2D eigenvalue weighted by atomic mass is 35.5. The van der Waals surface area contributed by atoms with Crippen LogP contribution in [0.15, 0.2) is 36.5 Å². The molecule has 1 heterocycles. The summed E-state index contributed by atoms with van der Waals surface area (Å²) in [4.78, 5) is 28.0. The van der Waals surface area contributed by atoms with Crippen molar-refractivity contribution in [3.8, 4) is 5.88 Å². The molecule has 0 bridgehead atoms. The average Bonchev–Trinajstić information content (AvgIpc) is 2.56. The fourth-order valence-corrected chi connectivity index (χ4v) is 2.08. The molecule has 0 fully saturated rings. The number of carbonyl (C=O) groups excluding carboxylic acids is 2. The molecule has 0 aliphatic heterocycles. The number of methoxy groups -OCH3 is 1. The Kier molecular flexibility index (Phi) is 5.54. The number of ether oxygens (including phenoxy) is 2. The van der Waals surface area contributed by atoms with Crippen molar-refractivity contribution in [2.24, 2.45) is 0 Å². The third-order valence-corrected chi connectivity index (χ3v) is 3.26. The third-order valence-electron chi connectivity index (χ3n) is 2.93. The van der Waals surface area contributed by atoms with Crippen LogP contribution in [0.5, 0.6) is 5.88 Å². The van der Waals surface area contributed by atoms with Gasteiger partial charge < -0.3 is 14.8 Å². The van der Waals surface area contributed by atoms with Gasteiger partial charge in [-0.3, -0.25) is 4.79 Å². The smallest absolute Gasteiger partial charge is 0.339 e. The first-order valence-electron chi connectivity index (χ1n) is 6.83. The summed E-state index contributed by atoms with van der Waals surface area (Å²) in [5.41, 5.74) is 0.873. The molecule has 0 aliphatic carbocycles. The quantitative estimate of drug-likeness (QED) is 0.850. The van der Waals surface area contributed by atoms with Crippen LogP contribution in [0.25, 0.3) is 0 Å². The summed E-state index contributed by atoms with van der Waals surface area (Å²) in [6, 6.07) is 7.78. The number of aromatic nitrogens is 1. The Hall–Kier alpha value is -2.60. The summed E-state index contributed by atoms with van der Waals surface area (Å²) < 4.78 is 9.97. The number of nitrogens with one attached hydrogen (secondary N) is 1. The van der Waals surface area contributed by atoms with Gasteiger partial charge in [-0.25, -0.2) is 9.78 Å². The number of pyridine rings is 1. The summed E-state index contributed by atoms with van der Waals surface area (Å²) in [6.07, 6.45) is 1.54. The number of nitrogens with zero attached hydrogens (tertiary/aromatic N) is 1. The van der Waals surface area contributed by atoms with Gasteiger partial charge in [0.2, 0.25) is 5.88 Å². The Morgan fingerprint density at radius 1 is 1.26 bits per heavy atom. The highest BCUT2D eigenvalue weighted by Gasteiger charge is 2.16. The van der Waals surface area contributed by atoms with Gasteiger partial charge in [0.25, 0.3) is 5.91 Å². The van der Waals surface area contributed by atoms with E-state index in [-0.39, 0.29) is 16.5 Å². The van der Waals surface area contributed by atoms with Gasteiger partial charge in [-0.2, -0.15) is 0 Å². The molecular weight excluding hydrogens is 320 g/mol. The number of anilines is 1. The largest absolute Gasteiger partial charge is 0.477 e. The number of hydrogen-bond acceptors (Lipinski definition) is 5. The predicted octanol–water partition coefficient (Wildman–Crippen LogP) is 3.17. The summed E-state index contributed by atoms with van der Waals surface area (Å²) in [5.74, 6) is -0.739. The first-order chi connectivity index (χ1) is 11.1. The zero-order chi connectivity index (χ0) is 16.8. The molecule has 7 heteroatoms. The maximum Gasteiger partial charge on any atom is 0.339 e. The van der Waals surface area contributed by atoms with Crippen LogP contribution in [0.1, 0.15) is 27.6 Å². The molecule has 0 radical (unpaired) electrons. The Labute approximate surface area is 138 Å². The van der Waals surface area contributed by atoms with E-state index in [1.54, 1.807) is 31.3 Å². The SMILES string of the molecule is CCOc1ncccc1C(=O)Nc1ccc(Cl)c(C(=O)OC)c1. The van der Waals surface area contributed by atoms with Crippen LogP contribution in [0.4, 0.5) is 5.69 Å². The van der Waals surface area contributed by atoms with E-state index in [1.807, 2.05) is 0 Å². The van der Waals surface area contributed by atoms with Gasteiger partial charge in [0, 0.05) is 11.9 Å². The molecule has 0 aliphatic rings. The average molecular weight is 335 g/mol. The van der Waals surface area contributed by atoms with Gasteiger partial charge in [-0.15, -0.1) is 0 Å². The topological polar surface area (TPSA) is 77.5 Å². The molecule has 1 aromatic heterocycles. The Bertz CT molecular complexity index is 734. The van der Waals surface area contributed by atoms with Gasteiger partial charge in [0.15, 0.2) is 0 Å². The van der Waals surface area contributed by atoms with Gasteiger partial charge in [-0.05, 0) is 37.3 Å². The maximum absolute atomic E-state index is 12.4. The predicted molar refractivity (Wildman–Crippen MR) is 86.2 cm³/mol. The van der Waals surface area contributed by atoms with Crippen LogP contribution in [0.2, 0.25) is 5.02 Å². The number of amides is 1. The molecule has 0 saturated carbocycles. The van der Waals surface area contributed by atoms with Crippen molar-refractivity contribution in [1.29, 1.82) is 0 Å². The normalized spacial score (nSPS) is 10.0. The molecular formula is C16H15ClN2O4. The first kappa shape index (κ1) is 16.8. The minimum absolute atomic E-state index is 0.170. The van der Waals surface area contributed by atoms with Gasteiger partial charge in [0.05, 0.1) is 24.3 Å². The van der Waals surface area contributed by atoms with Crippen LogP contribution in [-0.2, 0) is 4.74 Å². The highest BCUT2D eigenvalue weighted by molar-refractivity contribution is 6.33. The molecule has 6 nitrogen and oxygen atoms in total. The summed E-state index contributed by atoms with van der Waals surface area (Å²) in [6.45, 7) is 2.20. The molecule has 1 amide bonds. The lowest BCUT2D eigenvalue weighted by atomic mass is 10.2. The molecule has 1 N–H and O–H groups in total. The molecule has 2 rings (SSSR count). The van der Waals surface area contributed by atoms with Crippen molar-refractivity contribution in [3.63, 3.8) is 0 Å². The molecule has 0 spiro atoms. The number of benzene rings is 1. The van der Waals surface area contributed by atoms with Crippen LogP contribution in [0.3, 0.4) is 0 Å². The van der Waals surface area contributed by atoms with Crippen LogP contribution < -0.4 is 10.1 Å². The molecule has 1 aromatic carbocycles. The molecule has 0 unspecified atom stereocenters. The number of rotatable bonds is 5. The van der Waals surface area contributed by atoms with E-state index in [2.05, 4.69) is 15.0 Å². The van der Waals surface area contributed by atoms with Crippen LogP contribution in [-0.4, -0.2) is 30.6 Å². The molecule has 0 atom stereocenters. The maximum atomic E-state index is 12.4. The number of halogens is 1. The summed E-state index contributed by atoms with van der Waals surface area (Å²) in [7, 11) is 1.26. The molecule has 120 valence electrons. The van der Waals surface area contributed by atoms with E-state index in [1.165, 1.54) is 19.2 Å². The second-order valence-corrected chi connectivity index (χ2v) is 4.84. The van der Waals surface area contributed by atoms with Crippen molar-refractivity contribution in [3.05, 3.63) is 52.7 Å². The zero-order valence-electron chi connectivity index (χ0n) is 12.6. The van der Waals surface area contributed by atoms with Gasteiger partial charge >= 0.3 is 5.97 Å². The van der Waals surface area contributed by atoms with E-state index in [9.17, 15) is 9.59 Å². The van der Waals surface area contributed by atoms with E-state index in [0.29, 0.717) is 17.9 Å². The summed E-state index contributed by atoms with van der Waals surface area (Å²) >= 11 is 5.95. The van der Waals surface area contributed by atoms with Crippen molar-refractivity contribution < 1.29 is 19.1 Å². The van der Waals surface area contributed by atoms with Gasteiger partial charge in [-0.1, -0.05) is 11.6 Å². The monoisotopic (exact) mass is 334 g/mol. The number of hydrogen-bond donors (Lipinski definition) is 1. The lowest BCUT2D eigenvalue weighted by Crippen LogP contribution is -2.15. The molecule has 2 aromatic rings. The van der Waals surface area contributed by atoms with E-state index in [0.717, 1.165) is 0 Å². The zero-order valence-corrected chi connectivity index (χ0v) is 13.4. The van der Waals surface area contributed by atoms with E-state index >= 15 is 0 Å². The van der Waals surface area contributed by atoms with Crippen molar-refractivity contribution in [2.45, 2.75) is 6.92 Å². The van der Waals surface area contributed by atoms with Crippen molar-refractivity contribution in [2.75, 3.05) is 19.0 Å². The van der Waals surface area contributed by atoms with E-state index in [4.69, 9.17) is 16.3 Å². The van der Waals surface area contributed by atoms with Crippen molar-refractivity contribution in [1.82, 2.24) is 4.98 Å². The lowest BCUT2D eigenvalue weighted by molar-refractivity contribution is 0.0600. The Balaban J connectivity index is 2.26. The minimum Gasteiger partial charge on any atom is -0.477 e. The first-order valence-corrected chi connectivity index (χ1v) is 7.21. The highest BCUT2D eigenvalue weighted by Crippen LogP contribution is 2.23. The van der Waals surface area contributed by atoms with Crippen LogP contribution >= 0.6 is 11.6 Å². The lowest BCUT2D eigenvalue weighted by Gasteiger charge is -2.10. The van der Waals surface area contributed by atoms with E-state index < -0.39 is 11.9 Å². The fourth-order valence-electron chi connectivity index (χ4n) is 1.88. The second kappa shape index (κ2) is 7.60. The Morgan fingerprint density at radius 2 is 2.04 bits per heavy atom. The number of esters is 1. The standard InChI is InChI=1S/C16H15ClN2O4/c1-3-23-15-11(5-4-8-18-15)14(20)19-10-6-7-13(17)12(9-10)16(21)22-2/h4-9H,3H2,1-2H3,(H,19,20). The van der Waals surface area contributed by atoms with Crippen molar-refractivity contribution >= 4 is 29.2 Å². The van der Waals surface area contributed by atoms with Crippen LogP contribution in [0, 0.1) is 0 Å². The fraction of sp³-hybridized carbons (Fsp3) is 0.188. The third kappa shape index (κ3) is 3.98. The van der Waals surface area contributed by atoms with Gasteiger partial charge in [0.1, 0.15) is 5.56 Å².